The van der Waals surface area contributed by atoms with E-state index in [0.29, 0.717) is 12.1 Å². The van der Waals surface area contributed by atoms with Gasteiger partial charge in [-0.05, 0) is 32.1 Å². The van der Waals surface area contributed by atoms with E-state index < -0.39 is 0 Å². The predicted molar refractivity (Wildman–Crippen MR) is 70.7 cm³/mol. The fraction of sp³-hybridized carbons (Fsp3) is 0.769. The summed E-state index contributed by atoms with van der Waals surface area (Å²) < 4.78 is 5.58. The summed E-state index contributed by atoms with van der Waals surface area (Å²) in [7, 11) is 0. The van der Waals surface area contributed by atoms with Crippen LogP contribution in [-0.2, 0) is 17.6 Å². The zero-order chi connectivity index (χ0) is 12.8. The number of aromatic nitrogens is 3. The van der Waals surface area contributed by atoms with E-state index in [1.54, 1.807) is 0 Å². The first-order valence-corrected chi connectivity index (χ1v) is 6.91. The SMILES string of the molecule is CCc1nnc(NCCC2CCCO2)nc1CC. The lowest BCUT2D eigenvalue weighted by atomic mass is 10.2. The Kier molecular flexibility index (Phi) is 4.87. The van der Waals surface area contributed by atoms with Crippen LogP contribution in [-0.4, -0.2) is 34.4 Å². The van der Waals surface area contributed by atoms with Crippen molar-refractivity contribution in [1.82, 2.24) is 15.2 Å². The van der Waals surface area contributed by atoms with Crippen LogP contribution in [0.25, 0.3) is 0 Å². The van der Waals surface area contributed by atoms with E-state index in [-0.39, 0.29) is 0 Å². The second-order valence-electron chi connectivity index (χ2n) is 4.59. The fourth-order valence-corrected chi connectivity index (χ4v) is 2.23. The Hall–Kier alpha value is -1.23. The molecule has 1 saturated heterocycles. The summed E-state index contributed by atoms with van der Waals surface area (Å²) in [5.41, 5.74) is 2.05. The molecule has 0 saturated carbocycles. The molecule has 100 valence electrons. The van der Waals surface area contributed by atoms with Gasteiger partial charge in [-0.1, -0.05) is 13.8 Å². The van der Waals surface area contributed by atoms with Crippen LogP contribution in [0.4, 0.5) is 5.95 Å². The van der Waals surface area contributed by atoms with Gasteiger partial charge in [-0.3, -0.25) is 0 Å². The van der Waals surface area contributed by atoms with Gasteiger partial charge in [0, 0.05) is 13.2 Å². The molecule has 0 amide bonds. The summed E-state index contributed by atoms with van der Waals surface area (Å²) in [5, 5.41) is 11.6. The maximum Gasteiger partial charge on any atom is 0.242 e. The average Bonchev–Trinajstić information content (AvgIpc) is 2.91. The Bertz CT molecular complexity index is 377. The van der Waals surface area contributed by atoms with Crippen LogP contribution in [0.3, 0.4) is 0 Å². The lowest BCUT2D eigenvalue weighted by molar-refractivity contribution is 0.107. The highest BCUT2D eigenvalue weighted by Crippen LogP contribution is 2.15. The molecule has 2 rings (SSSR count). The molecular weight excluding hydrogens is 228 g/mol. The van der Waals surface area contributed by atoms with Crippen LogP contribution >= 0.6 is 0 Å². The molecule has 0 bridgehead atoms. The second-order valence-corrected chi connectivity index (χ2v) is 4.59. The molecule has 1 atom stereocenters. The van der Waals surface area contributed by atoms with Gasteiger partial charge >= 0.3 is 0 Å². The molecule has 5 heteroatoms. The van der Waals surface area contributed by atoms with Crippen LogP contribution < -0.4 is 5.32 Å². The van der Waals surface area contributed by atoms with Crippen LogP contribution in [0.2, 0.25) is 0 Å². The van der Waals surface area contributed by atoms with Crippen molar-refractivity contribution in [1.29, 1.82) is 0 Å². The first-order chi connectivity index (χ1) is 8.83. The molecule has 1 aliphatic rings. The number of aryl methyl sites for hydroxylation is 2. The summed E-state index contributed by atoms with van der Waals surface area (Å²) in [6, 6.07) is 0. The Balaban J connectivity index is 1.84. The van der Waals surface area contributed by atoms with E-state index in [4.69, 9.17) is 4.74 Å². The molecular formula is C13H22N4O. The van der Waals surface area contributed by atoms with Crippen LogP contribution in [0.15, 0.2) is 0 Å². The van der Waals surface area contributed by atoms with Crippen molar-refractivity contribution in [2.24, 2.45) is 0 Å². The van der Waals surface area contributed by atoms with Gasteiger partial charge in [-0.15, -0.1) is 5.10 Å². The van der Waals surface area contributed by atoms with Crippen molar-refractivity contribution >= 4 is 5.95 Å². The molecule has 18 heavy (non-hydrogen) atoms. The molecule has 1 aliphatic heterocycles. The lowest BCUT2D eigenvalue weighted by Crippen LogP contribution is -2.15. The Morgan fingerprint density at radius 2 is 2.06 bits per heavy atom. The van der Waals surface area contributed by atoms with E-state index >= 15 is 0 Å². The molecule has 1 N–H and O–H groups in total. The zero-order valence-corrected chi connectivity index (χ0v) is 11.3. The fourth-order valence-electron chi connectivity index (χ4n) is 2.23. The van der Waals surface area contributed by atoms with E-state index in [0.717, 1.165) is 43.8 Å². The highest BCUT2D eigenvalue weighted by Gasteiger charge is 2.15. The maximum atomic E-state index is 5.58. The topological polar surface area (TPSA) is 59.9 Å². The number of nitrogens with zero attached hydrogens (tertiary/aromatic N) is 3. The molecule has 0 aliphatic carbocycles. The predicted octanol–water partition coefficient (Wildman–Crippen LogP) is 1.98. The molecule has 0 aromatic carbocycles. The standard InChI is InChI=1S/C13H22N4O/c1-3-11-12(4-2)16-17-13(15-11)14-8-7-10-6-5-9-18-10/h10H,3-9H2,1-2H3,(H,14,15,17). The van der Waals surface area contributed by atoms with Crippen molar-refractivity contribution in [2.75, 3.05) is 18.5 Å². The normalized spacial score (nSPS) is 19.1. The number of rotatable bonds is 6. The van der Waals surface area contributed by atoms with Gasteiger partial charge < -0.3 is 10.1 Å². The quantitative estimate of drug-likeness (QED) is 0.836. The summed E-state index contributed by atoms with van der Waals surface area (Å²) in [5.74, 6) is 0.641. The van der Waals surface area contributed by atoms with Crippen molar-refractivity contribution in [3.05, 3.63) is 11.4 Å². The highest BCUT2D eigenvalue weighted by molar-refractivity contribution is 5.25. The number of hydrogen-bond acceptors (Lipinski definition) is 5. The van der Waals surface area contributed by atoms with Crippen LogP contribution in [0.1, 0.15) is 44.5 Å². The van der Waals surface area contributed by atoms with E-state index in [9.17, 15) is 0 Å². The summed E-state index contributed by atoms with van der Waals surface area (Å²) in [6.07, 6.45) is 5.58. The van der Waals surface area contributed by atoms with Gasteiger partial charge in [0.1, 0.15) is 0 Å². The number of ether oxygens (including phenoxy) is 1. The molecule has 0 spiro atoms. The maximum absolute atomic E-state index is 5.58. The van der Waals surface area contributed by atoms with E-state index in [1.807, 2.05) is 0 Å². The summed E-state index contributed by atoms with van der Waals surface area (Å²) in [6.45, 7) is 5.93. The van der Waals surface area contributed by atoms with E-state index in [1.165, 1.54) is 12.8 Å². The third-order valence-electron chi connectivity index (χ3n) is 3.28. The summed E-state index contributed by atoms with van der Waals surface area (Å²) >= 11 is 0. The Morgan fingerprint density at radius 1 is 1.22 bits per heavy atom. The minimum absolute atomic E-state index is 0.408. The molecule has 1 aromatic heterocycles. The molecule has 0 radical (unpaired) electrons. The number of hydrogen-bond donors (Lipinski definition) is 1. The highest BCUT2D eigenvalue weighted by atomic mass is 16.5. The molecule has 5 nitrogen and oxygen atoms in total. The van der Waals surface area contributed by atoms with E-state index in [2.05, 4.69) is 34.3 Å². The number of anilines is 1. The minimum Gasteiger partial charge on any atom is -0.378 e. The van der Waals surface area contributed by atoms with Crippen molar-refractivity contribution in [2.45, 2.75) is 52.1 Å². The molecule has 1 fully saturated rings. The molecule has 2 heterocycles. The Labute approximate surface area is 108 Å². The average molecular weight is 250 g/mol. The van der Waals surface area contributed by atoms with Crippen molar-refractivity contribution in [3.8, 4) is 0 Å². The first kappa shape index (κ1) is 13.2. The van der Waals surface area contributed by atoms with Gasteiger partial charge in [-0.2, -0.15) is 5.10 Å². The largest absolute Gasteiger partial charge is 0.378 e. The summed E-state index contributed by atoms with van der Waals surface area (Å²) in [4.78, 5) is 4.50. The third-order valence-corrected chi connectivity index (χ3v) is 3.28. The Morgan fingerprint density at radius 3 is 2.72 bits per heavy atom. The zero-order valence-electron chi connectivity index (χ0n) is 11.3. The first-order valence-electron chi connectivity index (χ1n) is 6.91. The van der Waals surface area contributed by atoms with Gasteiger partial charge in [0.25, 0.3) is 0 Å². The van der Waals surface area contributed by atoms with Gasteiger partial charge in [0.15, 0.2) is 0 Å². The third kappa shape index (κ3) is 3.38. The smallest absolute Gasteiger partial charge is 0.242 e. The van der Waals surface area contributed by atoms with Gasteiger partial charge in [-0.25, -0.2) is 4.98 Å². The lowest BCUT2D eigenvalue weighted by Gasteiger charge is -2.10. The monoisotopic (exact) mass is 250 g/mol. The molecule has 1 unspecified atom stereocenters. The molecule has 1 aromatic rings. The van der Waals surface area contributed by atoms with Gasteiger partial charge in [0.2, 0.25) is 5.95 Å². The number of nitrogens with one attached hydrogen (secondary N) is 1. The van der Waals surface area contributed by atoms with Crippen molar-refractivity contribution < 1.29 is 4.74 Å². The van der Waals surface area contributed by atoms with Crippen LogP contribution in [0, 0.1) is 0 Å². The van der Waals surface area contributed by atoms with Crippen LogP contribution in [0.5, 0.6) is 0 Å². The van der Waals surface area contributed by atoms with Gasteiger partial charge in [0.05, 0.1) is 17.5 Å². The minimum atomic E-state index is 0.408. The second kappa shape index (κ2) is 6.64. The van der Waals surface area contributed by atoms with Crippen molar-refractivity contribution in [3.63, 3.8) is 0 Å².